The number of carboxylic acids is 1. The second-order valence-corrected chi connectivity index (χ2v) is 18.2. The molecule has 0 aliphatic carbocycles. The fraction of sp³-hybridized carbons (Fsp3) is 0.714. The van der Waals surface area contributed by atoms with Crippen LogP contribution in [-0.4, -0.2) is 158 Å². The Bertz CT molecular complexity index is 1820. The molecule has 0 aromatic carbocycles. The van der Waals surface area contributed by atoms with Gasteiger partial charge in [0, 0.05) is 37.2 Å². The van der Waals surface area contributed by atoms with Crippen LogP contribution in [0.5, 0.6) is 0 Å². The molecular weight excluding hydrogens is 851 g/mol. The van der Waals surface area contributed by atoms with Crippen LogP contribution in [0.15, 0.2) is 12.5 Å². The summed E-state index contributed by atoms with van der Waals surface area (Å²) in [6.45, 7) is 11.3. The minimum Gasteiger partial charge on any atom is -0.480 e. The Balaban J connectivity index is 1.37. The molecule has 3 saturated heterocycles. The molecule has 0 radical (unpaired) electrons. The lowest BCUT2D eigenvalue weighted by atomic mass is 9.98. The molecule has 356 valence electrons. The van der Waals surface area contributed by atoms with Gasteiger partial charge in [-0.1, -0.05) is 41.5 Å². The number of imidazole rings is 1. The quantitative estimate of drug-likeness (QED) is 0.0602. The number of aromatic nitrogens is 2. The Morgan fingerprint density at radius 2 is 1.36 bits per heavy atom. The Morgan fingerprint density at radius 3 is 1.92 bits per heavy atom. The van der Waals surface area contributed by atoms with Crippen molar-refractivity contribution < 1.29 is 48.3 Å². The molecule has 1 aromatic rings. The Labute approximate surface area is 379 Å². The van der Waals surface area contributed by atoms with Gasteiger partial charge in [0.2, 0.25) is 47.3 Å². The summed E-state index contributed by atoms with van der Waals surface area (Å²) in [7, 11) is 0. The third-order valence-corrected chi connectivity index (χ3v) is 12.1. The smallest absolute Gasteiger partial charge is 0.326 e. The van der Waals surface area contributed by atoms with Gasteiger partial charge in [-0.2, -0.15) is 12.6 Å². The van der Waals surface area contributed by atoms with E-state index in [4.69, 9.17) is 0 Å². The van der Waals surface area contributed by atoms with Crippen molar-refractivity contribution in [3.8, 4) is 0 Å². The first-order valence-corrected chi connectivity index (χ1v) is 22.9. The second-order valence-electron chi connectivity index (χ2n) is 17.9. The van der Waals surface area contributed by atoms with E-state index in [-0.39, 0.29) is 43.0 Å². The average molecular weight is 918 g/mol. The van der Waals surface area contributed by atoms with Crippen LogP contribution >= 0.6 is 12.6 Å². The largest absolute Gasteiger partial charge is 0.480 e. The highest BCUT2D eigenvalue weighted by atomic mass is 32.1. The Hall–Kier alpha value is -5.25. The summed E-state index contributed by atoms with van der Waals surface area (Å²) in [4.78, 5) is 130. The van der Waals surface area contributed by atoms with Crippen molar-refractivity contribution in [3.63, 3.8) is 0 Å². The molecule has 21 nitrogen and oxygen atoms in total. The topological polar surface area (TPSA) is 293 Å². The van der Waals surface area contributed by atoms with Crippen molar-refractivity contribution in [1.29, 1.82) is 0 Å². The number of carboxylic acid groups (broad SMARTS) is 1. The fourth-order valence-corrected chi connectivity index (χ4v) is 8.48. The number of rotatable bonds is 22. The minimum atomic E-state index is -1.27. The van der Waals surface area contributed by atoms with Gasteiger partial charge < -0.3 is 57.1 Å². The molecule has 0 bridgehead atoms. The number of hydrogen-bond donors (Lipinski definition) is 10. The number of carbonyl (C=O) groups is 9. The first-order chi connectivity index (χ1) is 30.3. The zero-order valence-electron chi connectivity index (χ0n) is 37.6. The highest BCUT2D eigenvalue weighted by molar-refractivity contribution is 7.80. The zero-order chi connectivity index (χ0) is 47.2. The first-order valence-electron chi connectivity index (χ1n) is 22.3. The SMILES string of the molecule is CC(C)C[C@H](NC(=O)[C@@H]1CCCN1C(=O)[C@H](CS)NC(=O)CNC(=O)[C@H](Cc1cnc[nH]1)NC(=O)[C@@H](NC(=O)[C@@H](NC(=O)[C@@H]1CCCN1C(=O)[C@@H]1CCCN1)C(C)C)C(C)C)C(=O)O. The van der Waals surface area contributed by atoms with Crippen LogP contribution in [-0.2, 0) is 49.6 Å². The summed E-state index contributed by atoms with van der Waals surface area (Å²) in [6, 6.07) is -7.80. The molecule has 64 heavy (non-hydrogen) atoms. The summed E-state index contributed by atoms with van der Waals surface area (Å²) in [6.07, 6.45) is 6.43. The van der Waals surface area contributed by atoms with E-state index < -0.39 is 108 Å². The van der Waals surface area contributed by atoms with E-state index in [0.29, 0.717) is 44.3 Å². The van der Waals surface area contributed by atoms with Gasteiger partial charge in [0.05, 0.1) is 18.9 Å². The molecule has 0 saturated carbocycles. The molecule has 1 aromatic heterocycles. The van der Waals surface area contributed by atoms with Crippen LogP contribution in [0.25, 0.3) is 0 Å². The van der Waals surface area contributed by atoms with Crippen molar-refractivity contribution >= 4 is 65.9 Å². The number of nitrogens with one attached hydrogen (secondary N) is 8. The van der Waals surface area contributed by atoms with Gasteiger partial charge in [-0.05, 0) is 69.2 Å². The molecule has 22 heteroatoms. The average Bonchev–Trinajstić information content (AvgIpc) is 4.10. The maximum Gasteiger partial charge on any atom is 0.326 e. The molecule has 3 aliphatic rings. The maximum absolute atomic E-state index is 13.9. The summed E-state index contributed by atoms with van der Waals surface area (Å²) < 4.78 is 0. The van der Waals surface area contributed by atoms with Crippen molar-refractivity contribution in [1.82, 2.24) is 57.0 Å². The van der Waals surface area contributed by atoms with E-state index >= 15 is 0 Å². The number of amides is 8. The standard InChI is InChI=1S/C42H67N11O10S/c1-22(2)16-28(42(62)63)49-36(56)30-11-8-15-53(30)41(61)29(20-64)47-32(54)19-45-35(55)27(17-25-18-43-21-46-25)48-38(58)33(23(3)4)51-39(59)34(24(5)6)50-37(57)31-12-9-14-52(31)40(60)26-10-7-13-44-26/h18,21-24,26-31,33-34,44,64H,7-17,19-20H2,1-6H3,(H,43,46)(H,45,55)(H,47,54)(H,48,58)(H,49,56)(H,50,57)(H,51,59)(H,62,63)/t26-,27-,28-,29-,30-,31-,33-,34-/m0/s1. The van der Waals surface area contributed by atoms with Gasteiger partial charge in [-0.15, -0.1) is 0 Å². The molecule has 4 rings (SSSR count). The maximum atomic E-state index is 13.9. The van der Waals surface area contributed by atoms with E-state index in [2.05, 4.69) is 59.8 Å². The number of likely N-dealkylation sites (tertiary alicyclic amines) is 2. The molecule has 8 amide bonds. The van der Waals surface area contributed by atoms with Gasteiger partial charge in [0.15, 0.2) is 0 Å². The predicted octanol–water partition coefficient (Wildman–Crippen LogP) is -1.40. The monoisotopic (exact) mass is 917 g/mol. The summed E-state index contributed by atoms with van der Waals surface area (Å²) >= 11 is 4.25. The third kappa shape index (κ3) is 14.1. The molecule has 3 aliphatic heterocycles. The van der Waals surface area contributed by atoms with Crippen LogP contribution in [0, 0.1) is 17.8 Å². The van der Waals surface area contributed by atoms with Crippen LogP contribution in [0.2, 0.25) is 0 Å². The lowest BCUT2D eigenvalue weighted by Gasteiger charge is -2.31. The molecule has 0 unspecified atom stereocenters. The number of hydrogen-bond acceptors (Lipinski definition) is 12. The van der Waals surface area contributed by atoms with Crippen LogP contribution < -0.4 is 37.2 Å². The summed E-state index contributed by atoms with van der Waals surface area (Å²) in [5.74, 6) is -6.86. The highest BCUT2D eigenvalue weighted by Gasteiger charge is 2.41. The number of carbonyl (C=O) groups excluding carboxylic acids is 8. The molecule has 8 atom stereocenters. The number of aliphatic carboxylic acids is 1. The van der Waals surface area contributed by atoms with Crippen molar-refractivity contribution in [2.75, 3.05) is 31.9 Å². The summed E-state index contributed by atoms with van der Waals surface area (Å²) in [5.41, 5.74) is 0.476. The molecular formula is C42H67N11O10S. The zero-order valence-corrected chi connectivity index (χ0v) is 38.5. The van der Waals surface area contributed by atoms with Crippen LogP contribution in [0.4, 0.5) is 0 Å². The fourth-order valence-electron chi connectivity index (χ4n) is 8.23. The Morgan fingerprint density at radius 1 is 0.750 bits per heavy atom. The van der Waals surface area contributed by atoms with Gasteiger partial charge in [-0.3, -0.25) is 38.4 Å². The molecule has 3 fully saturated rings. The predicted molar refractivity (Wildman–Crippen MR) is 236 cm³/mol. The summed E-state index contributed by atoms with van der Waals surface area (Å²) in [5, 5.41) is 28.6. The van der Waals surface area contributed by atoms with Gasteiger partial charge >= 0.3 is 5.97 Å². The number of thiol groups is 1. The minimum absolute atomic E-state index is 0.00783. The molecule has 9 N–H and O–H groups in total. The van der Waals surface area contributed by atoms with Crippen molar-refractivity contribution in [3.05, 3.63) is 18.2 Å². The van der Waals surface area contributed by atoms with Crippen molar-refractivity contribution in [2.45, 2.75) is 141 Å². The normalized spacial score (nSPS) is 20.9. The molecule has 0 spiro atoms. The second kappa shape index (κ2) is 24.2. The van der Waals surface area contributed by atoms with E-state index in [1.807, 2.05) is 13.8 Å². The third-order valence-electron chi connectivity index (χ3n) is 11.7. The van der Waals surface area contributed by atoms with Crippen LogP contribution in [0.1, 0.15) is 92.2 Å². The lowest BCUT2D eigenvalue weighted by molar-refractivity contribution is -0.145. The van der Waals surface area contributed by atoms with E-state index in [9.17, 15) is 48.3 Å². The number of aromatic amines is 1. The van der Waals surface area contributed by atoms with E-state index in [1.54, 1.807) is 32.6 Å². The van der Waals surface area contributed by atoms with Gasteiger partial charge in [0.1, 0.15) is 42.3 Å². The first kappa shape index (κ1) is 51.4. The molecule has 4 heterocycles. The van der Waals surface area contributed by atoms with Gasteiger partial charge in [-0.25, -0.2) is 9.78 Å². The Kier molecular flexibility index (Phi) is 19.4. The van der Waals surface area contributed by atoms with E-state index in [0.717, 1.165) is 13.0 Å². The lowest BCUT2D eigenvalue weighted by Crippen LogP contribution is -2.61. The van der Waals surface area contributed by atoms with Crippen LogP contribution in [0.3, 0.4) is 0 Å². The number of H-pyrrole nitrogens is 1. The highest BCUT2D eigenvalue weighted by Crippen LogP contribution is 2.22. The number of nitrogens with zero attached hydrogens (tertiary/aromatic N) is 3. The van der Waals surface area contributed by atoms with Gasteiger partial charge in [0.25, 0.3) is 0 Å². The van der Waals surface area contributed by atoms with Crippen molar-refractivity contribution in [2.24, 2.45) is 17.8 Å². The van der Waals surface area contributed by atoms with E-state index in [1.165, 1.54) is 17.4 Å².